The lowest BCUT2D eigenvalue weighted by Crippen LogP contribution is -2.28. The van der Waals surface area contributed by atoms with Gasteiger partial charge in [0.05, 0.1) is 4.90 Å². The van der Waals surface area contributed by atoms with Crippen molar-refractivity contribution in [2.45, 2.75) is 44.6 Å². The number of hydrogen-bond donors (Lipinski definition) is 2. The molecule has 0 radical (unpaired) electrons. The molecule has 1 atom stereocenters. The molecule has 1 aromatic heterocycles. The van der Waals surface area contributed by atoms with Crippen LogP contribution in [0.1, 0.15) is 59.2 Å². The maximum absolute atomic E-state index is 12.8. The molecule has 0 saturated carbocycles. The molecule has 1 aliphatic rings. The van der Waals surface area contributed by atoms with Crippen LogP contribution in [0.25, 0.3) is 0 Å². The zero-order valence-corrected chi connectivity index (χ0v) is 17.1. The summed E-state index contributed by atoms with van der Waals surface area (Å²) in [4.78, 5) is 16.1. The number of aliphatic hydroxyl groups is 1. The van der Waals surface area contributed by atoms with Crippen LogP contribution in [0, 0.1) is 12.3 Å². The van der Waals surface area contributed by atoms with E-state index in [0.717, 1.165) is 10.00 Å². The van der Waals surface area contributed by atoms with E-state index in [1.54, 1.807) is 25.1 Å². The van der Waals surface area contributed by atoms with Gasteiger partial charge in [-0.2, -0.15) is 0 Å². The monoisotopic (exact) mass is 390 g/mol. The topological polar surface area (TPSA) is 90.5 Å². The number of rotatable bonds is 4. The van der Waals surface area contributed by atoms with Gasteiger partial charge in [0.25, 0.3) is 0 Å². The predicted molar refractivity (Wildman–Crippen MR) is 103 cm³/mol. The summed E-state index contributed by atoms with van der Waals surface area (Å²) >= 11 is 0. The van der Waals surface area contributed by atoms with Crippen LogP contribution in [-0.4, -0.2) is 42.7 Å². The lowest BCUT2D eigenvalue weighted by Gasteiger charge is -2.29. The molecule has 146 valence electrons. The van der Waals surface area contributed by atoms with Crippen LogP contribution in [0.5, 0.6) is 0 Å². The van der Waals surface area contributed by atoms with Gasteiger partial charge >= 0.3 is 0 Å². The molecule has 7 heteroatoms. The van der Waals surface area contributed by atoms with Gasteiger partial charge in [0, 0.05) is 48.6 Å². The Morgan fingerprint density at radius 3 is 2.44 bits per heavy atom. The van der Waals surface area contributed by atoms with Crippen molar-refractivity contribution < 1.29 is 18.3 Å². The number of ketones is 1. The van der Waals surface area contributed by atoms with Gasteiger partial charge in [0.2, 0.25) is 10.0 Å². The summed E-state index contributed by atoms with van der Waals surface area (Å²) in [6.45, 7) is 5.89. The fourth-order valence-corrected chi connectivity index (χ4v) is 4.98. The van der Waals surface area contributed by atoms with Crippen molar-refractivity contribution in [3.63, 3.8) is 0 Å². The third kappa shape index (κ3) is 3.35. The minimum Gasteiger partial charge on any atom is -0.384 e. The maximum Gasteiger partial charge on any atom is 0.242 e. The Kier molecular flexibility index (Phi) is 4.82. The highest BCUT2D eigenvalue weighted by Crippen LogP contribution is 2.41. The van der Waals surface area contributed by atoms with Gasteiger partial charge in [-0.25, -0.2) is 12.7 Å². The predicted octanol–water partition coefficient (Wildman–Crippen LogP) is 2.81. The first kappa shape index (κ1) is 19.8. The molecule has 0 saturated heterocycles. The Morgan fingerprint density at radius 1 is 1.19 bits per heavy atom. The third-order valence-corrected chi connectivity index (χ3v) is 7.02. The van der Waals surface area contributed by atoms with Crippen LogP contribution in [0.3, 0.4) is 0 Å². The number of hydrogen-bond acceptors (Lipinski definition) is 4. The average molecular weight is 391 g/mol. The average Bonchev–Trinajstić information content (AvgIpc) is 2.88. The summed E-state index contributed by atoms with van der Waals surface area (Å²) in [7, 11) is -0.828. The largest absolute Gasteiger partial charge is 0.384 e. The van der Waals surface area contributed by atoms with Crippen molar-refractivity contribution >= 4 is 15.8 Å². The lowest BCUT2D eigenvalue weighted by molar-refractivity contribution is 0.0906. The maximum atomic E-state index is 12.8. The van der Waals surface area contributed by atoms with Gasteiger partial charge in [-0.05, 0) is 24.8 Å². The molecule has 1 unspecified atom stereocenters. The van der Waals surface area contributed by atoms with Gasteiger partial charge in [-0.3, -0.25) is 4.79 Å². The number of sulfonamides is 1. The summed E-state index contributed by atoms with van der Waals surface area (Å²) in [5.41, 5.74) is 2.62. The van der Waals surface area contributed by atoms with Gasteiger partial charge in [-0.1, -0.05) is 32.0 Å². The summed E-state index contributed by atoms with van der Waals surface area (Å²) in [6.07, 6.45) is -0.102. The van der Waals surface area contributed by atoms with Crippen LogP contribution in [0.2, 0.25) is 0 Å². The molecular weight excluding hydrogens is 364 g/mol. The fourth-order valence-electron chi connectivity index (χ4n) is 3.86. The van der Waals surface area contributed by atoms with Crippen LogP contribution in [-0.2, 0) is 16.4 Å². The van der Waals surface area contributed by atoms with Gasteiger partial charge < -0.3 is 10.1 Å². The number of benzene rings is 1. The van der Waals surface area contributed by atoms with E-state index in [9.17, 15) is 18.3 Å². The minimum absolute atomic E-state index is 0.0207. The van der Waals surface area contributed by atoms with Crippen molar-refractivity contribution in [2.24, 2.45) is 5.41 Å². The van der Waals surface area contributed by atoms with E-state index in [0.29, 0.717) is 29.7 Å². The number of aromatic nitrogens is 1. The highest BCUT2D eigenvalue weighted by Gasteiger charge is 2.37. The molecule has 2 aromatic rings. The first-order chi connectivity index (χ1) is 12.5. The highest BCUT2D eigenvalue weighted by molar-refractivity contribution is 7.89. The van der Waals surface area contributed by atoms with E-state index < -0.39 is 16.1 Å². The number of aliphatic hydroxyl groups excluding tert-OH is 1. The van der Waals surface area contributed by atoms with E-state index in [1.807, 2.05) is 13.8 Å². The molecule has 3 rings (SSSR count). The second-order valence-corrected chi connectivity index (χ2v) is 10.3. The Balaban J connectivity index is 2.17. The number of H-pyrrole nitrogens is 1. The van der Waals surface area contributed by atoms with E-state index in [2.05, 4.69) is 4.98 Å². The number of fused-ring (bicyclic) bond motifs is 1. The van der Waals surface area contributed by atoms with Crippen molar-refractivity contribution in [3.8, 4) is 0 Å². The number of carbonyl (C=O) groups is 1. The van der Waals surface area contributed by atoms with Crippen LogP contribution in [0.15, 0.2) is 29.2 Å². The molecule has 2 N–H and O–H groups in total. The highest BCUT2D eigenvalue weighted by atomic mass is 32.2. The zero-order valence-electron chi connectivity index (χ0n) is 16.3. The SMILES string of the molecule is Cc1[nH]c2c(c1C(O)c1ccccc1S(=O)(=O)N(C)C)C(=O)CC(C)(C)C2. The van der Waals surface area contributed by atoms with Crippen LogP contribution < -0.4 is 0 Å². The Bertz CT molecular complexity index is 1000. The quantitative estimate of drug-likeness (QED) is 0.840. The normalized spacial score (nSPS) is 17.8. The third-order valence-electron chi connectivity index (χ3n) is 5.13. The number of Topliss-reactive ketones (excluding diaryl/α,β-unsaturated/α-hetero) is 1. The molecule has 1 aliphatic carbocycles. The summed E-state index contributed by atoms with van der Waals surface area (Å²) in [6, 6.07) is 6.39. The molecule has 6 nitrogen and oxygen atoms in total. The lowest BCUT2D eigenvalue weighted by atomic mass is 9.75. The number of aromatic amines is 1. The number of nitrogens with one attached hydrogen (secondary N) is 1. The standard InChI is InChI=1S/C20H26N2O4S/c1-12-17(18-14(21-12)10-20(2,3)11-15(18)23)19(24)13-8-6-7-9-16(13)27(25,26)22(4)5/h6-9,19,21,24H,10-11H2,1-5H3. The first-order valence-electron chi connectivity index (χ1n) is 8.90. The van der Waals surface area contributed by atoms with Crippen LogP contribution in [0.4, 0.5) is 0 Å². The molecule has 0 aliphatic heterocycles. The number of carbonyl (C=O) groups excluding carboxylic acids is 1. The molecule has 0 bridgehead atoms. The molecule has 1 heterocycles. The summed E-state index contributed by atoms with van der Waals surface area (Å²) in [5.74, 6) is -0.0207. The first-order valence-corrected chi connectivity index (χ1v) is 10.3. The van der Waals surface area contributed by atoms with Gasteiger partial charge in [0.15, 0.2) is 5.78 Å². The molecule has 0 amide bonds. The van der Waals surface area contributed by atoms with Gasteiger partial charge in [-0.15, -0.1) is 0 Å². The molecule has 0 fully saturated rings. The molecular formula is C20H26N2O4S. The summed E-state index contributed by atoms with van der Waals surface area (Å²) < 4.78 is 26.5. The zero-order chi connectivity index (χ0) is 20.1. The Labute approximate surface area is 160 Å². The van der Waals surface area contributed by atoms with Crippen LogP contribution >= 0.6 is 0 Å². The van der Waals surface area contributed by atoms with E-state index in [-0.39, 0.29) is 21.7 Å². The van der Waals surface area contributed by atoms with E-state index in [4.69, 9.17) is 0 Å². The Morgan fingerprint density at radius 2 is 1.81 bits per heavy atom. The second-order valence-electron chi connectivity index (χ2n) is 8.19. The number of aryl methyl sites for hydroxylation is 1. The number of nitrogens with zero attached hydrogens (tertiary/aromatic N) is 1. The van der Waals surface area contributed by atoms with Gasteiger partial charge in [0.1, 0.15) is 6.10 Å². The second kappa shape index (κ2) is 6.58. The fraction of sp³-hybridized carbons (Fsp3) is 0.450. The van der Waals surface area contributed by atoms with E-state index in [1.165, 1.54) is 20.2 Å². The van der Waals surface area contributed by atoms with Crippen molar-refractivity contribution in [1.82, 2.24) is 9.29 Å². The Hall–Kier alpha value is -1.96. The van der Waals surface area contributed by atoms with Crippen molar-refractivity contribution in [3.05, 3.63) is 52.3 Å². The molecule has 1 aromatic carbocycles. The minimum atomic E-state index is -3.73. The van der Waals surface area contributed by atoms with Crippen molar-refractivity contribution in [2.75, 3.05) is 14.1 Å². The van der Waals surface area contributed by atoms with Crippen molar-refractivity contribution in [1.29, 1.82) is 0 Å². The molecule has 0 spiro atoms. The van der Waals surface area contributed by atoms with E-state index >= 15 is 0 Å². The molecule has 27 heavy (non-hydrogen) atoms. The smallest absolute Gasteiger partial charge is 0.242 e. The summed E-state index contributed by atoms with van der Waals surface area (Å²) in [5, 5.41) is 11.1.